The highest BCUT2D eigenvalue weighted by molar-refractivity contribution is 5.22. The third-order valence-electron chi connectivity index (χ3n) is 6.65. The quantitative estimate of drug-likeness (QED) is 0.133. The second kappa shape index (κ2) is 20.9. The molecule has 2 aromatic rings. The molecule has 0 saturated heterocycles. The van der Waals surface area contributed by atoms with E-state index in [9.17, 15) is 10.2 Å². The van der Waals surface area contributed by atoms with Crippen molar-refractivity contribution in [1.29, 1.82) is 0 Å². The number of para-hydroxylation sites is 2. The van der Waals surface area contributed by atoms with Crippen LogP contribution in [0.2, 0.25) is 0 Å². The minimum Gasteiger partial charge on any atom is -0.463 e. The molecule has 0 aliphatic carbocycles. The lowest BCUT2D eigenvalue weighted by Gasteiger charge is -2.24. The fourth-order valence-electron chi connectivity index (χ4n) is 4.41. The standard InChI is InChI=1S/2C17H28O2/c2*1-3-4-5-6-7-8-12-15-17(2,18)19-16-13-10-9-11-14-16/h2*9-11,13-14,18H,3-8,12,15H2,1-2H3. The van der Waals surface area contributed by atoms with Crippen molar-refractivity contribution in [2.45, 2.75) is 142 Å². The minimum atomic E-state index is -1.05. The third kappa shape index (κ3) is 19.1. The van der Waals surface area contributed by atoms with Crippen LogP contribution in [0.3, 0.4) is 0 Å². The van der Waals surface area contributed by atoms with Crippen LogP contribution in [0.4, 0.5) is 0 Å². The first-order chi connectivity index (χ1) is 18.3. The van der Waals surface area contributed by atoms with Gasteiger partial charge in [0.05, 0.1) is 0 Å². The molecule has 0 saturated carbocycles. The van der Waals surface area contributed by atoms with Crippen molar-refractivity contribution < 1.29 is 19.7 Å². The van der Waals surface area contributed by atoms with Gasteiger partial charge in [-0.3, -0.25) is 0 Å². The fraction of sp³-hybridized carbons (Fsp3) is 0.647. The highest BCUT2D eigenvalue weighted by Crippen LogP contribution is 2.22. The maximum absolute atomic E-state index is 10.2. The Morgan fingerprint density at radius 1 is 0.474 bits per heavy atom. The first-order valence-electron chi connectivity index (χ1n) is 15.2. The van der Waals surface area contributed by atoms with Gasteiger partial charge in [-0.1, -0.05) is 127 Å². The molecule has 0 spiro atoms. The lowest BCUT2D eigenvalue weighted by molar-refractivity contribution is -0.128. The van der Waals surface area contributed by atoms with Crippen LogP contribution in [-0.4, -0.2) is 21.8 Å². The molecule has 0 aliphatic rings. The van der Waals surface area contributed by atoms with E-state index in [-0.39, 0.29) is 0 Å². The largest absolute Gasteiger partial charge is 0.463 e. The molecule has 2 aromatic carbocycles. The number of hydrogen-bond acceptors (Lipinski definition) is 4. The van der Waals surface area contributed by atoms with Crippen LogP contribution in [-0.2, 0) is 0 Å². The molecule has 0 heterocycles. The molecule has 2 atom stereocenters. The number of rotatable bonds is 20. The van der Waals surface area contributed by atoms with Gasteiger partial charge in [0, 0.05) is 26.7 Å². The highest BCUT2D eigenvalue weighted by Gasteiger charge is 2.22. The van der Waals surface area contributed by atoms with Gasteiger partial charge < -0.3 is 19.7 Å². The molecule has 4 heteroatoms. The van der Waals surface area contributed by atoms with Crippen LogP contribution in [0.1, 0.15) is 130 Å². The van der Waals surface area contributed by atoms with Gasteiger partial charge in [0.25, 0.3) is 0 Å². The molecule has 0 aliphatic heterocycles. The van der Waals surface area contributed by atoms with Gasteiger partial charge in [-0.2, -0.15) is 0 Å². The van der Waals surface area contributed by atoms with Gasteiger partial charge in [-0.15, -0.1) is 0 Å². The minimum absolute atomic E-state index is 0.690. The zero-order chi connectivity index (χ0) is 28.0. The molecule has 0 radical (unpaired) electrons. The monoisotopic (exact) mass is 528 g/mol. The molecule has 2 unspecified atom stereocenters. The Labute approximate surface area is 233 Å². The molecule has 0 aromatic heterocycles. The van der Waals surface area contributed by atoms with E-state index in [2.05, 4.69) is 13.8 Å². The summed E-state index contributed by atoms with van der Waals surface area (Å²) in [7, 11) is 0. The Hall–Kier alpha value is -2.04. The molecule has 0 bridgehead atoms. The molecule has 216 valence electrons. The van der Waals surface area contributed by atoms with E-state index >= 15 is 0 Å². The average Bonchev–Trinajstić information content (AvgIpc) is 2.88. The van der Waals surface area contributed by atoms with Crippen LogP contribution >= 0.6 is 0 Å². The normalized spacial score (nSPS) is 14.1. The van der Waals surface area contributed by atoms with Gasteiger partial charge in [0.15, 0.2) is 0 Å². The first kappa shape index (κ1) is 34.0. The van der Waals surface area contributed by atoms with E-state index < -0.39 is 11.6 Å². The Morgan fingerprint density at radius 2 is 0.763 bits per heavy atom. The zero-order valence-electron chi connectivity index (χ0n) is 24.8. The molecular weight excluding hydrogens is 472 g/mol. The zero-order valence-corrected chi connectivity index (χ0v) is 24.8. The predicted octanol–water partition coefficient (Wildman–Crippen LogP) is 9.83. The van der Waals surface area contributed by atoms with Crippen molar-refractivity contribution in [3.05, 3.63) is 60.7 Å². The van der Waals surface area contributed by atoms with Crippen molar-refractivity contribution in [1.82, 2.24) is 0 Å². The van der Waals surface area contributed by atoms with E-state index in [4.69, 9.17) is 9.47 Å². The Balaban J connectivity index is 0.000000380. The summed E-state index contributed by atoms with van der Waals surface area (Å²) in [6, 6.07) is 19.0. The number of ether oxygens (including phenoxy) is 2. The summed E-state index contributed by atoms with van der Waals surface area (Å²) < 4.78 is 11.2. The number of unbranched alkanes of at least 4 members (excludes halogenated alkanes) is 12. The Kier molecular flexibility index (Phi) is 18.7. The first-order valence-corrected chi connectivity index (χ1v) is 15.2. The van der Waals surface area contributed by atoms with Crippen molar-refractivity contribution in [2.24, 2.45) is 0 Å². The van der Waals surface area contributed by atoms with Crippen LogP contribution in [0.5, 0.6) is 11.5 Å². The lowest BCUT2D eigenvalue weighted by Crippen LogP contribution is -2.31. The number of benzene rings is 2. The van der Waals surface area contributed by atoms with Crippen LogP contribution in [0, 0.1) is 0 Å². The van der Waals surface area contributed by atoms with Crippen LogP contribution < -0.4 is 9.47 Å². The smallest absolute Gasteiger partial charge is 0.205 e. The topological polar surface area (TPSA) is 58.9 Å². The van der Waals surface area contributed by atoms with Gasteiger partial charge in [0.1, 0.15) is 11.5 Å². The lowest BCUT2D eigenvalue weighted by atomic mass is 10.1. The van der Waals surface area contributed by atoms with E-state index in [1.807, 2.05) is 60.7 Å². The molecular formula is C34H56O4. The number of aliphatic hydroxyl groups is 2. The summed E-state index contributed by atoms with van der Waals surface area (Å²) in [5, 5.41) is 20.4. The summed E-state index contributed by atoms with van der Waals surface area (Å²) >= 11 is 0. The van der Waals surface area contributed by atoms with E-state index in [0.29, 0.717) is 12.8 Å². The average molecular weight is 529 g/mol. The van der Waals surface area contributed by atoms with Crippen LogP contribution in [0.25, 0.3) is 0 Å². The van der Waals surface area contributed by atoms with E-state index in [1.54, 1.807) is 13.8 Å². The molecule has 2 rings (SSSR count). The van der Waals surface area contributed by atoms with Crippen molar-refractivity contribution >= 4 is 0 Å². The van der Waals surface area contributed by atoms with Crippen LogP contribution in [0.15, 0.2) is 60.7 Å². The van der Waals surface area contributed by atoms with Crippen molar-refractivity contribution in [3.63, 3.8) is 0 Å². The number of hydrogen-bond donors (Lipinski definition) is 2. The second-order valence-corrected chi connectivity index (χ2v) is 10.9. The summed E-state index contributed by atoms with van der Waals surface area (Å²) in [5.41, 5.74) is 0. The second-order valence-electron chi connectivity index (χ2n) is 10.9. The van der Waals surface area contributed by atoms with Gasteiger partial charge >= 0.3 is 0 Å². The van der Waals surface area contributed by atoms with Gasteiger partial charge in [-0.25, -0.2) is 0 Å². The van der Waals surface area contributed by atoms with Crippen molar-refractivity contribution in [3.8, 4) is 11.5 Å². The van der Waals surface area contributed by atoms with E-state index in [0.717, 1.165) is 24.3 Å². The van der Waals surface area contributed by atoms with Crippen molar-refractivity contribution in [2.75, 3.05) is 0 Å². The van der Waals surface area contributed by atoms with Gasteiger partial charge in [-0.05, 0) is 37.1 Å². The summed E-state index contributed by atoms with van der Waals surface area (Å²) in [4.78, 5) is 0. The fourth-order valence-corrected chi connectivity index (χ4v) is 4.41. The maximum Gasteiger partial charge on any atom is 0.205 e. The Morgan fingerprint density at radius 3 is 1.08 bits per heavy atom. The van der Waals surface area contributed by atoms with E-state index in [1.165, 1.54) is 77.0 Å². The molecule has 38 heavy (non-hydrogen) atoms. The third-order valence-corrected chi connectivity index (χ3v) is 6.65. The molecule has 2 N–H and O–H groups in total. The molecule has 0 amide bonds. The summed E-state index contributed by atoms with van der Waals surface area (Å²) in [6.07, 6.45) is 18.9. The Bertz CT molecular complexity index is 706. The molecule has 4 nitrogen and oxygen atoms in total. The predicted molar refractivity (Wildman–Crippen MR) is 161 cm³/mol. The summed E-state index contributed by atoms with van der Waals surface area (Å²) in [5.74, 6) is -0.638. The summed E-state index contributed by atoms with van der Waals surface area (Å²) in [6.45, 7) is 7.96. The highest BCUT2D eigenvalue weighted by atomic mass is 16.6. The maximum atomic E-state index is 10.2. The molecule has 0 fully saturated rings. The van der Waals surface area contributed by atoms with Gasteiger partial charge in [0.2, 0.25) is 11.6 Å². The SMILES string of the molecule is CCCCCCCCCC(C)(O)Oc1ccccc1.CCCCCCCCCC(C)(O)Oc1ccccc1.